The van der Waals surface area contributed by atoms with Gasteiger partial charge in [-0.05, 0) is 38.8 Å². The number of furan rings is 1. The number of piperidine rings is 1. The largest absolute Gasteiger partial charge is 0.481 e. The summed E-state index contributed by atoms with van der Waals surface area (Å²) in [6, 6.07) is 3.76. The van der Waals surface area contributed by atoms with Crippen LogP contribution in [-0.2, 0) is 9.59 Å². The minimum absolute atomic E-state index is 0.00830. The number of hydrogen-bond donors (Lipinski definition) is 2. The van der Waals surface area contributed by atoms with Gasteiger partial charge in [-0.25, -0.2) is 0 Å². The number of nitrogens with zero attached hydrogens (tertiary/aromatic N) is 1. The second kappa shape index (κ2) is 6.76. The second-order valence-corrected chi connectivity index (χ2v) is 5.54. The van der Waals surface area contributed by atoms with Crippen molar-refractivity contribution in [3.05, 3.63) is 23.7 Å². The van der Waals surface area contributed by atoms with Gasteiger partial charge in [0.2, 0.25) is 5.91 Å². The van der Waals surface area contributed by atoms with Crippen LogP contribution in [0.15, 0.2) is 16.5 Å². The highest BCUT2D eigenvalue weighted by Crippen LogP contribution is 2.18. The molecule has 1 aliphatic heterocycles. The summed E-state index contributed by atoms with van der Waals surface area (Å²) in [6.45, 7) is 5.10. The highest BCUT2D eigenvalue weighted by molar-refractivity contribution is 5.79. The minimum atomic E-state index is -0.762. The molecule has 1 amide bonds. The fourth-order valence-electron chi connectivity index (χ4n) is 2.51. The Labute approximate surface area is 124 Å². The van der Waals surface area contributed by atoms with E-state index in [0.29, 0.717) is 25.9 Å². The van der Waals surface area contributed by atoms with Gasteiger partial charge in [-0.15, -0.1) is 0 Å². The van der Waals surface area contributed by atoms with Gasteiger partial charge in [0.25, 0.3) is 0 Å². The topological polar surface area (TPSA) is 82.8 Å². The van der Waals surface area contributed by atoms with E-state index in [2.05, 4.69) is 5.32 Å². The Kier molecular flexibility index (Phi) is 5.01. The molecule has 1 aromatic heterocycles. The molecule has 1 fully saturated rings. The van der Waals surface area contributed by atoms with Crippen molar-refractivity contribution in [1.29, 1.82) is 0 Å². The highest BCUT2D eigenvalue weighted by atomic mass is 16.4. The maximum Gasteiger partial charge on any atom is 0.306 e. The lowest BCUT2D eigenvalue weighted by Gasteiger charge is -2.30. The van der Waals surface area contributed by atoms with E-state index in [1.807, 2.05) is 26.0 Å². The van der Waals surface area contributed by atoms with Crippen LogP contribution in [0.3, 0.4) is 0 Å². The number of carboxylic acid groups (broad SMARTS) is 1. The predicted octanol–water partition coefficient (Wildman–Crippen LogP) is 1.56. The van der Waals surface area contributed by atoms with Crippen molar-refractivity contribution in [2.45, 2.75) is 32.7 Å². The van der Waals surface area contributed by atoms with E-state index in [1.165, 1.54) is 0 Å². The van der Waals surface area contributed by atoms with E-state index in [0.717, 1.165) is 11.5 Å². The van der Waals surface area contributed by atoms with Crippen molar-refractivity contribution >= 4 is 11.9 Å². The first-order chi connectivity index (χ1) is 9.97. The molecular weight excluding hydrogens is 272 g/mol. The van der Waals surface area contributed by atoms with Gasteiger partial charge in [-0.2, -0.15) is 0 Å². The first kappa shape index (κ1) is 15.6. The fraction of sp³-hybridized carbons (Fsp3) is 0.600. The number of hydrogen-bond acceptors (Lipinski definition) is 4. The molecule has 0 saturated carbocycles. The van der Waals surface area contributed by atoms with Crippen LogP contribution in [0.25, 0.3) is 0 Å². The lowest BCUT2D eigenvalue weighted by atomic mass is 9.97. The zero-order valence-electron chi connectivity index (χ0n) is 12.5. The van der Waals surface area contributed by atoms with E-state index in [1.54, 1.807) is 4.90 Å². The van der Waals surface area contributed by atoms with E-state index >= 15 is 0 Å². The van der Waals surface area contributed by atoms with Crippen LogP contribution in [-0.4, -0.2) is 41.5 Å². The molecule has 2 N–H and O–H groups in total. The first-order valence-electron chi connectivity index (χ1n) is 7.27. The standard InChI is InChI=1S/C15H22N2O4/c1-10-3-4-13(21-10)11(2)16-9-14(18)17-7-5-12(6-8-17)15(19)20/h3-4,11-12,16H,5-9H2,1-2H3,(H,19,20). The molecule has 6 nitrogen and oxygen atoms in total. The number of carboxylic acids is 1. The van der Waals surface area contributed by atoms with Gasteiger partial charge in [-0.1, -0.05) is 0 Å². The maximum absolute atomic E-state index is 12.1. The van der Waals surface area contributed by atoms with Crippen molar-refractivity contribution < 1.29 is 19.1 Å². The average Bonchev–Trinajstić information content (AvgIpc) is 2.91. The zero-order chi connectivity index (χ0) is 15.4. The molecule has 0 aromatic carbocycles. The lowest BCUT2D eigenvalue weighted by molar-refractivity contribution is -0.145. The molecule has 0 aliphatic carbocycles. The number of carbonyl (C=O) groups excluding carboxylic acids is 1. The summed E-state index contributed by atoms with van der Waals surface area (Å²) in [5.74, 6) is 0.591. The third-order valence-electron chi connectivity index (χ3n) is 3.94. The maximum atomic E-state index is 12.1. The van der Waals surface area contributed by atoms with E-state index in [-0.39, 0.29) is 24.4 Å². The molecule has 2 rings (SSSR count). The summed E-state index contributed by atoms with van der Waals surface area (Å²) in [4.78, 5) is 24.7. The first-order valence-corrected chi connectivity index (χ1v) is 7.27. The van der Waals surface area contributed by atoms with Gasteiger partial charge in [0.05, 0.1) is 18.5 Å². The van der Waals surface area contributed by atoms with Gasteiger partial charge in [0, 0.05) is 13.1 Å². The SMILES string of the molecule is Cc1ccc(C(C)NCC(=O)N2CCC(C(=O)O)CC2)o1. The third-order valence-corrected chi connectivity index (χ3v) is 3.94. The molecule has 116 valence electrons. The van der Waals surface area contributed by atoms with Gasteiger partial charge >= 0.3 is 5.97 Å². The Balaban J connectivity index is 1.76. The van der Waals surface area contributed by atoms with E-state index < -0.39 is 5.97 Å². The molecular formula is C15H22N2O4. The number of carbonyl (C=O) groups is 2. The van der Waals surface area contributed by atoms with Gasteiger partial charge in [-0.3, -0.25) is 14.9 Å². The lowest BCUT2D eigenvalue weighted by Crippen LogP contribution is -2.44. The van der Waals surface area contributed by atoms with Crippen LogP contribution in [0.1, 0.15) is 37.3 Å². The van der Waals surface area contributed by atoms with Crippen LogP contribution in [0.4, 0.5) is 0 Å². The Hall–Kier alpha value is -1.82. The normalized spacial score (nSPS) is 17.7. The Morgan fingerprint density at radius 1 is 1.43 bits per heavy atom. The van der Waals surface area contributed by atoms with Crippen LogP contribution >= 0.6 is 0 Å². The van der Waals surface area contributed by atoms with Crippen molar-refractivity contribution in [2.24, 2.45) is 5.92 Å². The number of rotatable bonds is 5. The summed E-state index contributed by atoms with van der Waals surface area (Å²) in [6.07, 6.45) is 1.07. The van der Waals surface area contributed by atoms with Crippen LogP contribution in [0, 0.1) is 12.8 Å². The van der Waals surface area contributed by atoms with E-state index in [9.17, 15) is 9.59 Å². The molecule has 1 unspecified atom stereocenters. The monoisotopic (exact) mass is 294 g/mol. The van der Waals surface area contributed by atoms with Crippen molar-refractivity contribution in [1.82, 2.24) is 10.2 Å². The molecule has 0 radical (unpaired) electrons. The number of aliphatic carboxylic acids is 1. The third kappa shape index (κ3) is 4.07. The minimum Gasteiger partial charge on any atom is -0.481 e. The molecule has 2 heterocycles. The predicted molar refractivity (Wildman–Crippen MR) is 76.8 cm³/mol. The molecule has 21 heavy (non-hydrogen) atoms. The van der Waals surface area contributed by atoms with Gasteiger partial charge < -0.3 is 14.4 Å². The Morgan fingerprint density at radius 3 is 2.62 bits per heavy atom. The number of aryl methyl sites for hydroxylation is 1. The summed E-state index contributed by atoms with van der Waals surface area (Å²) < 4.78 is 5.51. The summed E-state index contributed by atoms with van der Waals surface area (Å²) in [7, 11) is 0. The number of amides is 1. The number of nitrogens with one attached hydrogen (secondary N) is 1. The molecule has 1 aromatic rings. The second-order valence-electron chi connectivity index (χ2n) is 5.54. The summed E-state index contributed by atoms with van der Waals surface area (Å²) in [5, 5.41) is 12.1. The average molecular weight is 294 g/mol. The Morgan fingerprint density at radius 2 is 2.10 bits per heavy atom. The highest BCUT2D eigenvalue weighted by Gasteiger charge is 2.26. The quantitative estimate of drug-likeness (QED) is 0.861. The summed E-state index contributed by atoms with van der Waals surface area (Å²) in [5.41, 5.74) is 0. The van der Waals surface area contributed by atoms with Crippen molar-refractivity contribution in [3.8, 4) is 0 Å². The van der Waals surface area contributed by atoms with E-state index in [4.69, 9.17) is 9.52 Å². The van der Waals surface area contributed by atoms with Crippen LogP contribution in [0.5, 0.6) is 0 Å². The Bertz CT molecular complexity index is 504. The van der Waals surface area contributed by atoms with Gasteiger partial charge in [0.15, 0.2) is 0 Å². The molecule has 1 saturated heterocycles. The fourth-order valence-corrected chi connectivity index (χ4v) is 2.51. The van der Waals surface area contributed by atoms with Crippen LogP contribution < -0.4 is 5.32 Å². The molecule has 1 aliphatic rings. The zero-order valence-corrected chi connectivity index (χ0v) is 12.5. The molecule has 0 bridgehead atoms. The number of likely N-dealkylation sites (tertiary alicyclic amines) is 1. The molecule has 0 spiro atoms. The molecule has 1 atom stereocenters. The molecule has 6 heteroatoms. The van der Waals surface area contributed by atoms with Crippen molar-refractivity contribution in [3.63, 3.8) is 0 Å². The summed E-state index contributed by atoms with van der Waals surface area (Å²) >= 11 is 0. The van der Waals surface area contributed by atoms with Crippen LogP contribution in [0.2, 0.25) is 0 Å². The van der Waals surface area contributed by atoms with Gasteiger partial charge in [0.1, 0.15) is 11.5 Å². The van der Waals surface area contributed by atoms with Crippen molar-refractivity contribution in [2.75, 3.05) is 19.6 Å². The smallest absolute Gasteiger partial charge is 0.306 e.